The second-order valence-corrected chi connectivity index (χ2v) is 8.88. The molecule has 2 aromatic carbocycles. The molecule has 1 radical (unpaired) electrons. The number of benzene rings is 2. The summed E-state index contributed by atoms with van der Waals surface area (Å²) in [5, 5.41) is 19.3. The van der Waals surface area contributed by atoms with Gasteiger partial charge in [-0.05, 0) is 32.5 Å². The average molecular weight is 673 g/mol. The fourth-order valence-electron chi connectivity index (χ4n) is 3.65. The first-order chi connectivity index (χ1) is 19.9. The Balaban J connectivity index is 0.000000847. The van der Waals surface area contributed by atoms with E-state index in [4.69, 9.17) is 40.1 Å². The number of hydrogen-bond acceptors (Lipinski definition) is 8. The number of fused-ring (bicyclic) bond motifs is 2. The summed E-state index contributed by atoms with van der Waals surface area (Å²) in [5.74, 6) is 0. The Morgan fingerprint density at radius 2 is 1.21 bits per heavy atom. The normalized spacial score (nSPS) is 17.8. The van der Waals surface area contributed by atoms with E-state index in [2.05, 4.69) is 9.93 Å². The van der Waals surface area contributed by atoms with Crippen LogP contribution in [0, 0.1) is 13.2 Å². The van der Waals surface area contributed by atoms with Crippen molar-refractivity contribution in [3.8, 4) is 0 Å². The van der Waals surface area contributed by atoms with Crippen molar-refractivity contribution in [2.75, 3.05) is 13.2 Å². The van der Waals surface area contributed by atoms with E-state index >= 15 is 0 Å². The molecule has 2 aromatic rings. The van der Waals surface area contributed by atoms with Gasteiger partial charge in [-0.2, -0.15) is 24.2 Å². The zero-order chi connectivity index (χ0) is 29.7. The summed E-state index contributed by atoms with van der Waals surface area (Å²) in [6.45, 7) is 14.3. The van der Waals surface area contributed by atoms with Crippen LogP contribution >= 0.6 is 0 Å². The molecule has 5 rings (SSSR count). The standard InChI is InChI=1S/C22H22N4.2C4H7O.CHO4.Co.Cr/c1-15-13-16(2)24-21-11-7-8-12-22(21)26-18(4)14-17(3)25-20-10-6-5-9-19(20)23-15;2*1-2-4-5-3-1;2-1-4-5-3;;/h5-14H,1-4H3;2*3H,1-2,4H2;3H;;/q-2;3*-1;;+4/b15-13-,18-14-,24-16?,25-17?;;;;;. The molecule has 0 amide bonds. The largest absolute Gasteiger partial charge is 4.00 e. The van der Waals surface area contributed by atoms with E-state index in [9.17, 15) is 0 Å². The van der Waals surface area contributed by atoms with Crippen LogP contribution in [0.2, 0.25) is 0 Å². The zero-order valence-electron chi connectivity index (χ0n) is 24.7. The van der Waals surface area contributed by atoms with Gasteiger partial charge in [-0.3, -0.25) is 9.98 Å². The van der Waals surface area contributed by atoms with Gasteiger partial charge in [0.05, 0.1) is 0 Å². The van der Waals surface area contributed by atoms with E-state index in [-0.39, 0.29) is 34.1 Å². The number of para-hydroxylation sites is 4. The van der Waals surface area contributed by atoms with Crippen LogP contribution in [0.15, 0.2) is 82.1 Å². The van der Waals surface area contributed by atoms with Crippen molar-refractivity contribution in [1.82, 2.24) is 0 Å². The van der Waals surface area contributed by atoms with Crippen LogP contribution in [0.5, 0.6) is 0 Å². The minimum Gasteiger partial charge on any atom is -0.660 e. The second kappa shape index (κ2) is 24.6. The third-order valence-electron chi connectivity index (χ3n) is 5.26. The summed E-state index contributed by atoms with van der Waals surface area (Å²) in [4.78, 5) is 21.3. The summed E-state index contributed by atoms with van der Waals surface area (Å²) >= 11 is 0. The Kier molecular flexibility index (Phi) is 23.0. The van der Waals surface area contributed by atoms with Crippen molar-refractivity contribution < 1.29 is 63.6 Å². The Morgan fingerprint density at radius 3 is 1.49 bits per heavy atom. The SMILES string of the molecule is CC1=Nc2ccccc2[N-]/C(C)=C\C(C)=Nc2ccccc2[N-]/C(C)=C\1.O=[C-]OOO.[CH-]1CCCO1.[CH-]1CCCO1.[Co].[Cr+4]. The first-order valence-corrected chi connectivity index (χ1v) is 13.2. The molecule has 0 atom stereocenters. The zero-order valence-corrected chi connectivity index (χ0v) is 27.0. The van der Waals surface area contributed by atoms with Gasteiger partial charge in [0, 0.05) is 52.8 Å². The number of carbonyl (C=O) groups excluding carboxylic acids is 1. The fourth-order valence-corrected chi connectivity index (χ4v) is 3.65. The molecule has 2 saturated heterocycles. The monoisotopic (exact) mass is 672 g/mol. The van der Waals surface area contributed by atoms with Gasteiger partial charge in [-0.25, -0.2) is 18.5 Å². The number of ether oxygens (including phenoxy) is 2. The van der Waals surface area contributed by atoms with Gasteiger partial charge in [0.15, 0.2) is 0 Å². The molecule has 0 spiro atoms. The van der Waals surface area contributed by atoms with Crippen LogP contribution in [0.3, 0.4) is 0 Å². The van der Waals surface area contributed by atoms with Crippen molar-refractivity contribution >= 4 is 40.6 Å². The van der Waals surface area contributed by atoms with Crippen LogP contribution in [0.25, 0.3) is 10.6 Å². The van der Waals surface area contributed by atoms with Crippen molar-refractivity contribution in [3.05, 3.63) is 95.9 Å². The molecule has 3 aliphatic rings. The molecule has 0 aromatic heterocycles. The molecule has 0 aliphatic carbocycles. The van der Waals surface area contributed by atoms with Gasteiger partial charge in [-0.15, -0.1) is 11.4 Å². The molecular weight excluding hydrogens is 635 g/mol. The van der Waals surface area contributed by atoms with Crippen LogP contribution in [0.1, 0.15) is 53.4 Å². The van der Waals surface area contributed by atoms with Crippen LogP contribution in [0.4, 0.5) is 22.7 Å². The molecule has 0 bridgehead atoms. The van der Waals surface area contributed by atoms with Gasteiger partial charge < -0.3 is 29.8 Å². The van der Waals surface area contributed by atoms with E-state index in [0.29, 0.717) is 0 Å². The molecule has 10 nitrogen and oxygen atoms in total. The van der Waals surface area contributed by atoms with Gasteiger partial charge >= 0.3 is 17.4 Å². The molecule has 12 heteroatoms. The van der Waals surface area contributed by atoms with Crippen molar-refractivity contribution in [2.45, 2.75) is 53.4 Å². The number of hydrogen-bond donors (Lipinski definition) is 1. The smallest absolute Gasteiger partial charge is 0.660 e. The maximum Gasteiger partial charge on any atom is 4.00 e. The Labute approximate surface area is 275 Å². The van der Waals surface area contributed by atoms with Gasteiger partial charge in [0.2, 0.25) is 0 Å². The van der Waals surface area contributed by atoms with Crippen LogP contribution in [-0.4, -0.2) is 36.4 Å². The van der Waals surface area contributed by atoms with E-state index in [1.165, 1.54) is 12.8 Å². The molecule has 2 fully saturated rings. The fraction of sp³-hybridized carbons (Fsp3) is 0.323. The third-order valence-corrected chi connectivity index (χ3v) is 5.26. The molecule has 3 aliphatic heterocycles. The molecule has 3 heterocycles. The predicted molar refractivity (Wildman–Crippen MR) is 161 cm³/mol. The van der Waals surface area contributed by atoms with Gasteiger partial charge in [0.1, 0.15) is 0 Å². The first-order valence-electron chi connectivity index (χ1n) is 13.2. The number of nitrogens with zero attached hydrogens (tertiary/aromatic N) is 4. The van der Waals surface area contributed by atoms with Crippen LogP contribution < -0.4 is 0 Å². The number of allylic oxidation sites excluding steroid dienone is 4. The minimum atomic E-state index is 0. The van der Waals surface area contributed by atoms with E-state index in [1.807, 2.05) is 102 Å². The summed E-state index contributed by atoms with van der Waals surface area (Å²) in [6.07, 6.45) is 8.69. The minimum absolute atomic E-state index is 0. The van der Waals surface area contributed by atoms with Crippen molar-refractivity contribution in [2.24, 2.45) is 9.98 Å². The van der Waals surface area contributed by atoms with E-state index in [0.717, 1.165) is 78.1 Å². The predicted octanol–water partition coefficient (Wildman–Crippen LogP) is 8.79. The van der Waals surface area contributed by atoms with E-state index in [1.54, 1.807) is 0 Å². The molecular formula is C31H37CoCrN4O6-. The second-order valence-electron chi connectivity index (χ2n) is 8.88. The molecule has 0 unspecified atom stereocenters. The summed E-state index contributed by atoms with van der Waals surface area (Å²) in [6, 6.07) is 15.8. The molecule has 233 valence electrons. The maximum atomic E-state index is 8.77. The Bertz CT molecular complexity index is 1100. The molecule has 43 heavy (non-hydrogen) atoms. The molecule has 1 N–H and O–H groups in total. The number of rotatable bonds is 2. The topological polar surface area (TPSA) is 127 Å². The first kappa shape index (κ1) is 40.2. The maximum absolute atomic E-state index is 8.77. The number of aliphatic imine (C=N–C) groups is 2. The van der Waals surface area contributed by atoms with Gasteiger partial charge in [0.25, 0.3) is 0 Å². The van der Waals surface area contributed by atoms with Crippen molar-refractivity contribution in [3.63, 3.8) is 0 Å². The Morgan fingerprint density at radius 1 is 0.791 bits per heavy atom. The van der Waals surface area contributed by atoms with Gasteiger partial charge in [-0.1, -0.05) is 80.3 Å². The Hall–Kier alpha value is -2.79. The summed E-state index contributed by atoms with van der Waals surface area (Å²) < 4.78 is 9.64. The quantitative estimate of drug-likeness (QED) is 0.193. The van der Waals surface area contributed by atoms with Crippen molar-refractivity contribution in [1.29, 1.82) is 0 Å². The summed E-state index contributed by atoms with van der Waals surface area (Å²) in [5.41, 5.74) is 6.88. The molecule has 0 saturated carbocycles. The average Bonchev–Trinajstić information content (AvgIpc) is 3.71. The summed E-state index contributed by atoms with van der Waals surface area (Å²) in [7, 11) is 0. The van der Waals surface area contributed by atoms with Crippen LogP contribution in [-0.2, 0) is 58.3 Å². The van der Waals surface area contributed by atoms with E-state index < -0.39 is 0 Å². The third kappa shape index (κ3) is 17.8.